The summed E-state index contributed by atoms with van der Waals surface area (Å²) < 4.78 is 7.03. The van der Waals surface area contributed by atoms with Gasteiger partial charge in [0, 0.05) is 25.7 Å². The predicted octanol–water partition coefficient (Wildman–Crippen LogP) is 3.62. The second-order valence-electron chi connectivity index (χ2n) is 8.14. The Hall–Kier alpha value is -2.46. The zero-order valence-corrected chi connectivity index (χ0v) is 21.4. The van der Waals surface area contributed by atoms with Crippen LogP contribution in [0.5, 0.6) is 5.75 Å². The quantitative estimate of drug-likeness (QED) is 0.272. The van der Waals surface area contributed by atoms with Gasteiger partial charge in [-0.25, -0.2) is 9.44 Å². The maximum absolute atomic E-state index is 12.4. The third-order valence-corrected chi connectivity index (χ3v) is 7.54. The number of pyridine rings is 1. The molecule has 9 nitrogen and oxygen atoms in total. The molecule has 2 amide bonds. The number of benzene rings is 1. The lowest BCUT2D eigenvalue weighted by Crippen LogP contribution is -2.44. The number of halogens is 1. The van der Waals surface area contributed by atoms with Crippen molar-refractivity contribution in [3.63, 3.8) is 0 Å². The van der Waals surface area contributed by atoms with Crippen LogP contribution in [0.25, 0.3) is 10.9 Å². The highest BCUT2D eigenvalue weighted by molar-refractivity contribution is 14.2. The molecular formula is C22H26IN6O3P. The Bertz CT molecular complexity index is 1150. The molecular weight excluding hydrogens is 554 g/mol. The first kappa shape index (κ1) is 23.7. The third kappa shape index (κ3) is 5.55. The van der Waals surface area contributed by atoms with E-state index in [1.165, 1.54) is 11.8 Å². The number of para-hydroxylation sites is 1. The lowest BCUT2D eigenvalue weighted by Gasteiger charge is -2.30. The monoisotopic (exact) mass is 580 g/mol. The van der Waals surface area contributed by atoms with Gasteiger partial charge >= 0.3 is 11.8 Å². The maximum atomic E-state index is 12.4. The van der Waals surface area contributed by atoms with Gasteiger partial charge in [0.1, 0.15) is 17.1 Å². The number of fused-ring (bicyclic) bond motifs is 2. The third-order valence-electron chi connectivity index (χ3n) is 5.65. The van der Waals surface area contributed by atoms with Crippen molar-refractivity contribution in [3.8, 4) is 5.75 Å². The number of hydrogen-bond donors (Lipinski definition) is 2. The summed E-state index contributed by atoms with van der Waals surface area (Å²) in [6.07, 6.45) is 6.72. The van der Waals surface area contributed by atoms with Crippen LogP contribution in [0.15, 0.2) is 36.7 Å². The Balaban J connectivity index is 0.000000238. The average Bonchev–Trinajstić information content (AvgIpc) is 3.48. The molecule has 11 heteroatoms. The van der Waals surface area contributed by atoms with Crippen LogP contribution in [-0.4, -0.2) is 50.9 Å². The molecule has 1 saturated heterocycles. The van der Waals surface area contributed by atoms with Crippen LogP contribution in [0, 0.1) is 5.92 Å². The number of anilines is 2. The number of hydrogen-bond acceptors (Lipinski definition) is 6. The number of rotatable bonds is 2. The van der Waals surface area contributed by atoms with Crippen molar-refractivity contribution in [1.29, 1.82) is 0 Å². The Morgan fingerprint density at radius 3 is 2.91 bits per heavy atom. The van der Waals surface area contributed by atoms with E-state index < -0.39 is 11.8 Å². The number of likely N-dealkylation sites (tertiary alicyclic amines) is 1. The largest absolute Gasteiger partial charge is 0.493 e. The molecule has 5 rings (SSSR count). The second-order valence-corrected chi connectivity index (χ2v) is 10.2. The number of nitrogen functional groups attached to an aromatic ring is 1. The summed E-state index contributed by atoms with van der Waals surface area (Å²) in [5.74, 6) is 0.656. The molecule has 0 bridgehead atoms. The van der Waals surface area contributed by atoms with E-state index >= 15 is 0 Å². The number of nitrogens with one attached hydrogen (secondary N) is 1. The fourth-order valence-corrected chi connectivity index (χ4v) is 5.03. The first-order chi connectivity index (χ1) is 16.0. The summed E-state index contributed by atoms with van der Waals surface area (Å²) in [7, 11) is 0. The van der Waals surface area contributed by atoms with Gasteiger partial charge in [0.25, 0.3) is 0 Å². The second kappa shape index (κ2) is 10.6. The molecule has 33 heavy (non-hydrogen) atoms. The maximum Gasteiger partial charge on any atom is 0.314 e. The Morgan fingerprint density at radius 2 is 2.15 bits per heavy atom. The molecule has 3 aromatic rings. The standard InChI is InChI=1S/C14H18IN6O2P.C8H8O/c1-8-3-2-4-20(6-8)14(23)13(22)18-10-5-17-12(16)9-7-21(24-15)19-11(9)10;1-2-4-8-7(3-1)5-6-9-8/h5,7-8,24H,2-4,6H2,1H3,(H2,16,17)(H,18,22);1-4H,5-6H2. The highest BCUT2D eigenvalue weighted by atomic mass is 127. The first-order valence-electron chi connectivity index (χ1n) is 10.8. The van der Waals surface area contributed by atoms with E-state index in [0.29, 0.717) is 47.8 Å². The molecule has 0 saturated carbocycles. The van der Waals surface area contributed by atoms with Crippen molar-refractivity contribution in [3.05, 3.63) is 42.2 Å². The van der Waals surface area contributed by atoms with E-state index in [2.05, 4.69) is 50.4 Å². The summed E-state index contributed by atoms with van der Waals surface area (Å²) in [4.78, 5) is 30.4. The smallest absolute Gasteiger partial charge is 0.314 e. The number of ether oxygens (including phenoxy) is 1. The zero-order chi connectivity index (χ0) is 23.4. The molecule has 0 radical (unpaired) electrons. The molecule has 2 aliphatic rings. The lowest BCUT2D eigenvalue weighted by atomic mass is 10.0. The molecule has 3 N–H and O–H groups in total. The molecule has 2 aromatic heterocycles. The zero-order valence-electron chi connectivity index (χ0n) is 18.3. The summed E-state index contributed by atoms with van der Waals surface area (Å²) in [5.41, 5.74) is 8.15. The summed E-state index contributed by atoms with van der Waals surface area (Å²) in [6, 6.07) is 8.18. The predicted molar refractivity (Wildman–Crippen MR) is 139 cm³/mol. The van der Waals surface area contributed by atoms with Crippen LogP contribution >= 0.6 is 28.4 Å². The van der Waals surface area contributed by atoms with Crippen LogP contribution in [0.3, 0.4) is 0 Å². The van der Waals surface area contributed by atoms with E-state index in [1.807, 2.05) is 18.2 Å². The van der Waals surface area contributed by atoms with E-state index in [-0.39, 0.29) is 0 Å². The van der Waals surface area contributed by atoms with Crippen molar-refractivity contribution >= 4 is 62.6 Å². The normalized spacial score (nSPS) is 17.4. The number of piperidine rings is 1. The van der Waals surface area contributed by atoms with Crippen molar-refractivity contribution in [1.82, 2.24) is 19.4 Å². The van der Waals surface area contributed by atoms with E-state index in [1.54, 1.807) is 15.5 Å². The minimum atomic E-state index is -0.663. The topological polar surface area (TPSA) is 115 Å². The van der Waals surface area contributed by atoms with Crippen molar-refractivity contribution in [2.75, 3.05) is 30.7 Å². The van der Waals surface area contributed by atoms with Crippen molar-refractivity contribution in [2.45, 2.75) is 26.2 Å². The van der Waals surface area contributed by atoms with Gasteiger partial charge in [-0.15, -0.1) is 0 Å². The van der Waals surface area contributed by atoms with Crippen LogP contribution in [0.2, 0.25) is 0 Å². The van der Waals surface area contributed by atoms with Gasteiger partial charge in [-0.3, -0.25) is 9.59 Å². The van der Waals surface area contributed by atoms with Gasteiger partial charge in [0.15, 0.2) is 0 Å². The number of amides is 2. The SMILES string of the molecule is CC1CCCN(C(=O)C(=O)Nc2cnc(N)c3cn(PI)nc23)C1.c1ccc2c(c1)CCO2. The molecule has 0 spiro atoms. The molecule has 4 heterocycles. The molecule has 174 valence electrons. The van der Waals surface area contributed by atoms with Gasteiger partial charge in [-0.05, 0) is 52.4 Å². The van der Waals surface area contributed by atoms with E-state index in [4.69, 9.17) is 10.5 Å². The summed E-state index contributed by atoms with van der Waals surface area (Å²) >= 11 is 2.20. The van der Waals surface area contributed by atoms with Crippen molar-refractivity contribution < 1.29 is 14.3 Å². The van der Waals surface area contributed by atoms with Crippen LogP contribution in [0.4, 0.5) is 11.5 Å². The highest BCUT2D eigenvalue weighted by Gasteiger charge is 2.27. The van der Waals surface area contributed by atoms with Gasteiger partial charge in [0.2, 0.25) is 0 Å². The van der Waals surface area contributed by atoms with E-state index in [9.17, 15) is 9.59 Å². The van der Waals surface area contributed by atoms with E-state index in [0.717, 1.165) is 31.6 Å². The summed E-state index contributed by atoms with van der Waals surface area (Å²) in [6.45, 7) is 4.18. The number of nitrogens with two attached hydrogens (primary N) is 1. The number of nitrogens with zero attached hydrogens (tertiary/aromatic N) is 4. The number of aromatic nitrogens is 3. The minimum Gasteiger partial charge on any atom is -0.493 e. The Morgan fingerprint density at radius 1 is 1.33 bits per heavy atom. The van der Waals surface area contributed by atoms with Gasteiger partial charge < -0.3 is 20.7 Å². The van der Waals surface area contributed by atoms with Gasteiger partial charge in [0.05, 0.1) is 30.3 Å². The Labute approximate surface area is 206 Å². The Kier molecular flexibility index (Phi) is 7.64. The molecule has 2 unspecified atom stereocenters. The first-order valence-corrected chi connectivity index (χ1v) is 14.8. The summed E-state index contributed by atoms with van der Waals surface area (Å²) in [5, 5.41) is 7.69. The highest BCUT2D eigenvalue weighted by Crippen LogP contribution is 2.31. The fourth-order valence-electron chi connectivity index (χ4n) is 3.98. The van der Waals surface area contributed by atoms with Crippen molar-refractivity contribution in [2.24, 2.45) is 5.92 Å². The van der Waals surface area contributed by atoms with Gasteiger partial charge in [-0.2, -0.15) is 5.10 Å². The molecule has 1 fully saturated rings. The number of carbonyl (C=O) groups excluding carboxylic acids is 2. The molecule has 2 aliphatic heterocycles. The lowest BCUT2D eigenvalue weighted by molar-refractivity contribution is -0.144. The van der Waals surface area contributed by atoms with Crippen LogP contribution < -0.4 is 15.8 Å². The van der Waals surface area contributed by atoms with Gasteiger partial charge in [-0.1, -0.05) is 25.1 Å². The molecule has 0 aliphatic carbocycles. The molecule has 1 aromatic carbocycles. The van der Waals surface area contributed by atoms with Crippen LogP contribution in [-0.2, 0) is 16.0 Å². The van der Waals surface area contributed by atoms with Crippen LogP contribution in [0.1, 0.15) is 25.3 Å². The molecule has 2 atom stereocenters. The number of carbonyl (C=O) groups is 2. The average molecular weight is 580 g/mol. The fraction of sp³-hybridized carbons (Fsp3) is 0.364. The minimum absolute atomic E-state index is 0.347.